The third kappa shape index (κ3) is 7.59. The zero-order chi connectivity index (χ0) is 13.9. The molecule has 0 aliphatic carbocycles. The predicted octanol–water partition coefficient (Wildman–Crippen LogP) is 1.74. The van der Waals surface area contributed by atoms with Crippen LogP contribution < -0.4 is 5.32 Å². The van der Waals surface area contributed by atoms with Crippen molar-refractivity contribution in [3.05, 3.63) is 29.8 Å². The molecule has 0 aliphatic rings. The Morgan fingerprint density at radius 2 is 1.95 bits per heavy atom. The second-order valence-electron chi connectivity index (χ2n) is 4.85. The summed E-state index contributed by atoms with van der Waals surface area (Å²) in [6, 6.07) is 7.24. The Hall–Kier alpha value is -1.39. The van der Waals surface area contributed by atoms with Crippen molar-refractivity contribution in [3.8, 4) is 5.75 Å². The number of rotatable bonds is 9. The molecule has 0 heterocycles. The second kappa shape index (κ2) is 9.53. The molecule has 2 N–H and O–H groups in total. The SMILES string of the molecule is CN(C)CCCNCCCN=Cc1ccccc1O. The number of aliphatic imine (C=N–C) groups is 1. The van der Waals surface area contributed by atoms with Gasteiger partial charge in [-0.3, -0.25) is 4.99 Å². The fraction of sp³-hybridized carbons (Fsp3) is 0.533. The molecule has 4 nitrogen and oxygen atoms in total. The Labute approximate surface area is 116 Å². The molecule has 1 rings (SSSR count). The number of para-hydroxylation sites is 1. The molecule has 0 bridgehead atoms. The monoisotopic (exact) mass is 263 g/mol. The lowest BCUT2D eigenvalue weighted by Crippen LogP contribution is -2.22. The van der Waals surface area contributed by atoms with Crippen molar-refractivity contribution in [3.63, 3.8) is 0 Å². The first-order valence-corrected chi connectivity index (χ1v) is 6.83. The summed E-state index contributed by atoms with van der Waals surface area (Å²) >= 11 is 0. The van der Waals surface area contributed by atoms with Gasteiger partial charge < -0.3 is 15.3 Å². The molecule has 0 spiro atoms. The van der Waals surface area contributed by atoms with Crippen LogP contribution in [-0.4, -0.2) is 56.5 Å². The Balaban J connectivity index is 2.03. The van der Waals surface area contributed by atoms with Gasteiger partial charge in [0.15, 0.2) is 0 Å². The standard InChI is InChI=1S/C15H25N3O/c1-18(2)12-6-11-16-9-5-10-17-13-14-7-3-4-8-15(14)19/h3-4,7-8,13,16,19H,5-6,9-12H2,1-2H3. The van der Waals surface area contributed by atoms with Crippen LogP contribution in [0.1, 0.15) is 18.4 Å². The highest BCUT2D eigenvalue weighted by Gasteiger charge is 1.94. The fourth-order valence-electron chi connectivity index (χ4n) is 1.70. The molecule has 0 aliphatic heterocycles. The summed E-state index contributed by atoms with van der Waals surface area (Å²) in [5.41, 5.74) is 0.779. The number of aromatic hydroxyl groups is 1. The van der Waals surface area contributed by atoms with Gasteiger partial charge in [0.25, 0.3) is 0 Å². The molecule has 0 fully saturated rings. The number of phenolic OH excluding ortho intramolecular Hbond substituents is 1. The van der Waals surface area contributed by atoms with Gasteiger partial charge in [-0.15, -0.1) is 0 Å². The van der Waals surface area contributed by atoms with E-state index in [-0.39, 0.29) is 5.75 Å². The maximum absolute atomic E-state index is 9.55. The second-order valence-corrected chi connectivity index (χ2v) is 4.85. The predicted molar refractivity (Wildman–Crippen MR) is 81.2 cm³/mol. The highest BCUT2D eigenvalue weighted by atomic mass is 16.3. The molecular formula is C15H25N3O. The lowest BCUT2D eigenvalue weighted by Gasteiger charge is -2.09. The van der Waals surface area contributed by atoms with Gasteiger partial charge in [-0.25, -0.2) is 0 Å². The normalized spacial score (nSPS) is 11.5. The van der Waals surface area contributed by atoms with Crippen LogP contribution >= 0.6 is 0 Å². The molecular weight excluding hydrogens is 238 g/mol. The average Bonchev–Trinajstić information content (AvgIpc) is 2.38. The van der Waals surface area contributed by atoms with Crippen molar-refractivity contribution in [2.45, 2.75) is 12.8 Å². The maximum Gasteiger partial charge on any atom is 0.124 e. The number of benzene rings is 1. The van der Waals surface area contributed by atoms with E-state index in [2.05, 4.69) is 29.3 Å². The van der Waals surface area contributed by atoms with Crippen LogP contribution in [-0.2, 0) is 0 Å². The summed E-state index contributed by atoms with van der Waals surface area (Å²) < 4.78 is 0. The van der Waals surface area contributed by atoms with Crippen LogP contribution in [0.5, 0.6) is 5.75 Å². The molecule has 19 heavy (non-hydrogen) atoms. The van der Waals surface area contributed by atoms with Crippen LogP contribution in [0.25, 0.3) is 0 Å². The van der Waals surface area contributed by atoms with Crippen LogP contribution in [0.2, 0.25) is 0 Å². The van der Waals surface area contributed by atoms with E-state index in [1.54, 1.807) is 12.3 Å². The molecule has 0 saturated heterocycles. The van der Waals surface area contributed by atoms with Gasteiger partial charge in [0.2, 0.25) is 0 Å². The third-order valence-corrected chi connectivity index (χ3v) is 2.77. The minimum Gasteiger partial charge on any atom is -0.507 e. The first-order chi connectivity index (χ1) is 9.20. The minimum atomic E-state index is 0.285. The lowest BCUT2D eigenvalue weighted by atomic mass is 10.2. The smallest absolute Gasteiger partial charge is 0.124 e. The Kier molecular flexibility index (Phi) is 7.86. The number of hydrogen-bond donors (Lipinski definition) is 2. The van der Waals surface area contributed by atoms with Gasteiger partial charge in [0.1, 0.15) is 5.75 Å². The number of hydrogen-bond acceptors (Lipinski definition) is 4. The Morgan fingerprint density at radius 1 is 1.21 bits per heavy atom. The molecule has 4 heteroatoms. The largest absolute Gasteiger partial charge is 0.507 e. The van der Waals surface area contributed by atoms with E-state index >= 15 is 0 Å². The summed E-state index contributed by atoms with van der Waals surface area (Å²) in [5, 5.41) is 12.9. The van der Waals surface area contributed by atoms with Gasteiger partial charge in [-0.2, -0.15) is 0 Å². The van der Waals surface area contributed by atoms with Gasteiger partial charge in [0, 0.05) is 18.3 Å². The van der Waals surface area contributed by atoms with Crippen molar-refractivity contribution in [2.24, 2.45) is 4.99 Å². The molecule has 0 amide bonds. The van der Waals surface area contributed by atoms with Crippen LogP contribution in [0.15, 0.2) is 29.3 Å². The number of nitrogens with one attached hydrogen (secondary N) is 1. The van der Waals surface area contributed by atoms with Crippen molar-refractivity contribution in [1.82, 2.24) is 10.2 Å². The molecule has 1 aromatic rings. The van der Waals surface area contributed by atoms with E-state index in [0.717, 1.165) is 38.2 Å². The van der Waals surface area contributed by atoms with Gasteiger partial charge in [-0.1, -0.05) is 12.1 Å². The number of phenols is 1. The molecule has 106 valence electrons. The van der Waals surface area contributed by atoms with Gasteiger partial charge >= 0.3 is 0 Å². The first-order valence-electron chi connectivity index (χ1n) is 6.83. The Bertz CT molecular complexity index is 377. The van der Waals surface area contributed by atoms with Crippen LogP contribution in [0.3, 0.4) is 0 Å². The van der Waals surface area contributed by atoms with E-state index < -0.39 is 0 Å². The summed E-state index contributed by atoms with van der Waals surface area (Å²) in [4.78, 5) is 6.51. The van der Waals surface area contributed by atoms with Gasteiger partial charge in [-0.05, 0) is 58.7 Å². The molecule has 0 aromatic heterocycles. The summed E-state index contributed by atoms with van der Waals surface area (Å²) in [6.07, 6.45) is 3.93. The molecule has 0 saturated carbocycles. The molecule has 0 radical (unpaired) electrons. The van der Waals surface area contributed by atoms with Crippen LogP contribution in [0, 0.1) is 0 Å². The minimum absolute atomic E-state index is 0.285. The molecule has 0 unspecified atom stereocenters. The van der Waals surface area contributed by atoms with E-state index in [1.165, 1.54) is 6.42 Å². The highest BCUT2D eigenvalue weighted by molar-refractivity contribution is 5.83. The summed E-state index contributed by atoms with van der Waals surface area (Å²) in [5.74, 6) is 0.285. The zero-order valence-corrected chi connectivity index (χ0v) is 12.0. The van der Waals surface area contributed by atoms with Crippen molar-refractivity contribution in [1.29, 1.82) is 0 Å². The lowest BCUT2D eigenvalue weighted by molar-refractivity contribution is 0.394. The number of nitrogens with zero attached hydrogens (tertiary/aromatic N) is 2. The van der Waals surface area contributed by atoms with Crippen molar-refractivity contribution >= 4 is 6.21 Å². The zero-order valence-electron chi connectivity index (χ0n) is 12.0. The van der Waals surface area contributed by atoms with Crippen LogP contribution in [0.4, 0.5) is 0 Å². The van der Waals surface area contributed by atoms with Crippen molar-refractivity contribution in [2.75, 3.05) is 40.3 Å². The summed E-state index contributed by atoms with van der Waals surface area (Å²) in [7, 11) is 4.18. The fourth-order valence-corrected chi connectivity index (χ4v) is 1.70. The maximum atomic E-state index is 9.55. The first kappa shape index (κ1) is 15.7. The van der Waals surface area contributed by atoms with Gasteiger partial charge in [0.05, 0.1) is 0 Å². The van der Waals surface area contributed by atoms with E-state index in [0.29, 0.717) is 0 Å². The average molecular weight is 263 g/mol. The van der Waals surface area contributed by atoms with E-state index in [9.17, 15) is 5.11 Å². The highest BCUT2D eigenvalue weighted by Crippen LogP contribution is 2.12. The summed E-state index contributed by atoms with van der Waals surface area (Å²) in [6.45, 7) is 3.96. The quantitative estimate of drug-likeness (QED) is 0.527. The topological polar surface area (TPSA) is 47.9 Å². The van der Waals surface area contributed by atoms with E-state index in [4.69, 9.17) is 0 Å². The third-order valence-electron chi connectivity index (χ3n) is 2.77. The van der Waals surface area contributed by atoms with E-state index in [1.807, 2.05) is 18.2 Å². The molecule has 1 aromatic carbocycles. The van der Waals surface area contributed by atoms with Crippen molar-refractivity contribution < 1.29 is 5.11 Å². The Morgan fingerprint density at radius 3 is 2.68 bits per heavy atom. The molecule has 0 atom stereocenters.